The van der Waals surface area contributed by atoms with Crippen LogP contribution in [0.3, 0.4) is 0 Å². The molecule has 0 aliphatic heterocycles. The summed E-state index contributed by atoms with van der Waals surface area (Å²) in [5.41, 5.74) is 2.55. The average molecular weight is 269 g/mol. The number of anilines is 1. The maximum Gasteiger partial charge on any atom is 0.0606 e. The summed E-state index contributed by atoms with van der Waals surface area (Å²) >= 11 is 0. The van der Waals surface area contributed by atoms with Crippen LogP contribution in [0, 0.1) is 5.92 Å². The maximum absolute atomic E-state index is 9.26. The summed E-state index contributed by atoms with van der Waals surface area (Å²) in [5, 5.41) is 9.26. The van der Waals surface area contributed by atoms with Gasteiger partial charge < -0.3 is 10.0 Å². The molecule has 0 unspecified atom stereocenters. The molecule has 0 aliphatic carbocycles. The largest absolute Gasteiger partial charge is 0.395 e. The van der Waals surface area contributed by atoms with E-state index < -0.39 is 0 Å². The normalized spacial score (nSPS) is 12.1. The van der Waals surface area contributed by atoms with E-state index in [1.165, 1.54) is 11.3 Å². The van der Waals surface area contributed by atoms with Gasteiger partial charge in [-0.05, 0) is 30.0 Å². The topological polar surface area (TPSA) is 23.5 Å². The van der Waals surface area contributed by atoms with Crippen molar-refractivity contribution in [3.8, 4) is 0 Å². The Morgan fingerprint density at radius 1 is 0.950 bits per heavy atom. The number of hydrogen-bond donors (Lipinski definition) is 1. The third-order valence-electron chi connectivity index (χ3n) is 3.45. The Kier molecular flexibility index (Phi) is 5.63. The zero-order valence-corrected chi connectivity index (χ0v) is 12.1. The summed E-state index contributed by atoms with van der Waals surface area (Å²) in [6.07, 6.45) is 1.07. The van der Waals surface area contributed by atoms with Crippen LogP contribution in [-0.2, 0) is 6.42 Å². The smallest absolute Gasteiger partial charge is 0.0606 e. The molecule has 2 nitrogen and oxygen atoms in total. The molecule has 2 heteroatoms. The second kappa shape index (κ2) is 7.71. The van der Waals surface area contributed by atoms with Gasteiger partial charge in [-0.3, -0.25) is 0 Å². The summed E-state index contributed by atoms with van der Waals surface area (Å²) in [5.74, 6) is 0.546. The van der Waals surface area contributed by atoms with E-state index in [0.717, 1.165) is 13.0 Å². The highest BCUT2D eigenvalue weighted by Gasteiger charge is 2.11. The molecule has 2 aromatic rings. The van der Waals surface area contributed by atoms with E-state index in [-0.39, 0.29) is 6.61 Å². The average Bonchev–Trinajstić information content (AvgIpc) is 2.49. The van der Waals surface area contributed by atoms with Crippen LogP contribution in [0.15, 0.2) is 60.7 Å². The summed E-state index contributed by atoms with van der Waals surface area (Å²) in [7, 11) is 0. The molecule has 1 atom stereocenters. The minimum atomic E-state index is 0.187. The number of aliphatic hydroxyl groups excluding tert-OH is 1. The first-order valence-electron chi connectivity index (χ1n) is 7.24. The molecule has 20 heavy (non-hydrogen) atoms. The SMILES string of the molecule is C[C@@H](Cc1ccccc1)CN(CCO)c1ccccc1. The molecule has 0 bridgehead atoms. The first-order chi connectivity index (χ1) is 9.79. The van der Waals surface area contributed by atoms with Crippen molar-refractivity contribution < 1.29 is 5.11 Å². The van der Waals surface area contributed by atoms with Crippen LogP contribution < -0.4 is 4.90 Å². The van der Waals surface area contributed by atoms with E-state index >= 15 is 0 Å². The lowest BCUT2D eigenvalue weighted by molar-refractivity contribution is 0.299. The molecule has 0 aromatic heterocycles. The van der Waals surface area contributed by atoms with Gasteiger partial charge in [-0.1, -0.05) is 55.5 Å². The standard InChI is InChI=1S/C18H23NO/c1-16(14-17-8-4-2-5-9-17)15-19(12-13-20)18-10-6-3-7-11-18/h2-11,16,20H,12-15H2,1H3/t16-/m0/s1. The van der Waals surface area contributed by atoms with E-state index in [1.54, 1.807) is 0 Å². The molecule has 0 radical (unpaired) electrons. The van der Waals surface area contributed by atoms with Crippen LogP contribution in [0.25, 0.3) is 0 Å². The third-order valence-corrected chi connectivity index (χ3v) is 3.45. The molecule has 0 amide bonds. The summed E-state index contributed by atoms with van der Waals surface area (Å²) in [4.78, 5) is 2.26. The molecule has 0 heterocycles. The molecule has 0 saturated heterocycles. The van der Waals surface area contributed by atoms with Gasteiger partial charge in [-0.2, -0.15) is 0 Å². The van der Waals surface area contributed by atoms with Crippen LogP contribution in [0.2, 0.25) is 0 Å². The van der Waals surface area contributed by atoms with Gasteiger partial charge in [0, 0.05) is 18.8 Å². The van der Waals surface area contributed by atoms with Crippen molar-refractivity contribution in [3.63, 3.8) is 0 Å². The lowest BCUT2D eigenvalue weighted by Gasteiger charge is -2.27. The molecular weight excluding hydrogens is 246 g/mol. The van der Waals surface area contributed by atoms with Gasteiger partial charge in [0.2, 0.25) is 0 Å². The zero-order valence-electron chi connectivity index (χ0n) is 12.1. The van der Waals surface area contributed by atoms with Gasteiger partial charge >= 0.3 is 0 Å². The van der Waals surface area contributed by atoms with Crippen molar-refractivity contribution in [1.82, 2.24) is 0 Å². The minimum absolute atomic E-state index is 0.187. The van der Waals surface area contributed by atoms with E-state index in [0.29, 0.717) is 12.5 Å². The van der Waals surface area contributed by atoms with E-state index in [2.05, 4.69) is 54.3 Å². The van der Waals surface area contributed by atoms with Gasteiger partial charge in [-0.15, -0.1) is 0 Å². The second-order valence-corrected chi connectivity index (χ2v) is 5.30. The summed E-state index contributed by atoms with van der Waals surface area (Å²) in [6, 6.07) is 20.9. The van der Waals surface area contributed by atoms with Crippen LogP contribution in [0.5, 0.6) is 0 Å². The van der Waals surface area contributed by atoms with Crippen LogP contribution in [0.1, 0.15) is 12.5 Å². The molecule has 2 aromatic carbocycles. The van der Waals surface area contributed by atoms with Gasteiger partial charge in [0.25, 0.3) is 0 Å². The fourth-order valence-electron chi connectivity index (χ4n) is 2.54. The molecule has 0 saturated carbocycles. The van der Waals surface area contributed by atoms with Crippen LogP contribution in [-0.4, -0.2) is 24.8 Å². The molecular formula is C18H23NO. The van der Waals surface area contributed by atoms with Crippen molar-refractivity contribution in [2.45, 2.75) is 13.3 Å². The van der Waals surface area contributed by atoms with Crippen LogP contribution >= 0.6 is 0 Å². The number of rotatable bonds is 7. The lowest BCUT2D eigenvalue weighted by Crippen LogP contribution is -2.31. The van der Waals surface area contributed by atoms with Crippen molar-refractivity contribution >= 4 is 5.69 Å². The Labute approximate surface area is 121 Å². The highest BCUT2D eigenvalue weighted by Crippen LogP contribution is 2.17. The number of hydrogen-bond acceptors (Lipinski definition) is 2. The third kappa shape index (κ3) is 4.39. The Bertz CT molecular complexity index is 483. The fraction of sp³-hybridized carbons (Fsp3) is 0.333. The van der Waals surface area contributed by atoms with Crippen molar-refractivity contribution in [3.05, 3.63) is 66.2 Å². The van der Waals surface area contributed by atoms with Gasteiger partial charge in [-0.25, -0.2) is 0 Å². The van der Waals surface area contributed by atoms with Crippen molar-refractivity contribution in [2.24, 2.45) is 5.92 Å². The van der Waals surface area contributed by atoms with E-state index in [9.17, 15) is 5.11 Å². The molecule has 0 spiro atoms. The highest BCUT2D eigenvalue weighted by molar-refractivity contribution is 5.46. The first kappa shape index (κ1) is 14.6. The number of nitrogens with zero attached hydrogens (tertiary/aromatic N) is 1. The second-order valence-electron chi connectivity index (χ2n) is 5.30. The van der Waals surface area contributed by atoms with Crippen molar-refractivity contribution in [2.75, 3.05) is 24.6 Å². The van der Waals surface area contributed by atoms with Gasteiger partial charge in [0.1, 0.15) is 0 Å². The number of para-hydroxylation sites is 1. The Hall–Kier alpha value is -1.80. The van der Waals surface area contributed by atoms with Gasteiger partial charge in [0.05, 0.1) is 6.61 Å². The molecule has 1 N–H and O–H groups in total. The zero-order chi connectivity index (χ0) is 14.2. The quantitative estimate of drug-likeness (QED) is 0.833. The lowest BCUT2D eigenvalue weighted by atomic mass is 10.0. The molecule has 0 aliphatic rings. The fourth-order valence-corrected chi connectivity index (χ4v) is 2.54. The molecule has 106 valence electrons. The van der Waals surface area contributed by atoms with Crippen molar-refractivity contribution in [1.29, 1.82) is 0 Å². The first-order valence-corrected chi connectivity index (χ1v) is 7.24. The maximum atomic E-state index is 9.26. The molecule has 2 rings (SSSR count). The minimum Gasteiger partial charge on any atom is -0.395 e. The Morgan fingerprint density at radius 2 is 1.55 bits per heavy atom. The number of benzene rings is 2. The predicted molar refractivity (Wildman–Crippen MR) is 85.1 cm³/mol. The highest BCUT2D eigenvalue weighted by atomic mass is 16.3. The van der Waals surface area contributed by atoms with Crippen LogP contribution in [0.4, 0.5) is 5.69 Å². The van der Waals surface area contributed by atoms with Gasteiger partial charge in [0.15, 0.2) is 0 Å². The summed E-state index contributed by atoms with van der Waals surface area (Å²) in [6.45, 7) is 4.09. The number of aliphatic hydroxyl groups is 1. The molecule has 0 fully saturated rings. The predicted octanol–water partition coefficient (Wildman–Crippen LogP) is 3.36. The van der Waals surface area contributed by atoms with E-state index in [1.807, 2.05) is 18.2 Å². The summed E-state index contributed by atoms with van der Waals surface area (Å²) < 4.78 is 0. The Balaban J connectivity index is 1.97. The Morgan fingerprint density at radius 3 is 2.15 bits per heavy atom. The van der Waals surface area contributed by atoms with E-state index in [4.69, 9.17) is 0 Å². The monoisotopic (exact) mass is 269 g/mol.